The van der Waals surface area contributed by atoms with Crippen molar-refractivity contribution in [2.75, 3.05) is 38.2 Å². The number of imidazole rings is 1. The van der Waals surface area contributed by atoms with Crippen molar-refractivity contribution in [1.82, 2.24) is 82.9 Å². The summed E-state index contributed by atoms with van der Waals surface area (Å²) >= 11 is 1.33. The molecule has 2 fully saturated rings. The minimum absolute atomic E-state index is 0.0114. The molecule has 0 unspecified atom stereocenters. The van der Waals surface area contributed by atoms with Crippen molar-refractivity contribution in [1.29, 1.82) is 5.41 Å². The number of nitrogens with two attached hydrogens (primary N) is 3. The number of rotatable bonds is 43. The lowest BCUT2D eigenvalue weighted by molar-refractivity contribution is -0.149. The number of carboxylic acids is 1. The highest BCUT2D eigenvalue weighted by Crippen LogP contribution is 2.28. The molecule has 626 valence electrons. The highest BCUT2D eigenvalue weighted by molar-refractivity contribution is 7.98. The summed E-state index contributed by atoms with van der Waals surface area (Å²) in [4.78, 5) is 200. The minimum atomic E-state index is -1.88. The Labute approximate surface area is 676 Å². The van der Waals surface area contributed by atoms with Gasteiger partial charge in [0.25, 0.3) is 0 Å². The first-order valence-electron chi connectivity index (χ1n) is 38.5. The number of nitrogens with one attached hydrogen (secondary N) is 14. The largest absolute Gasteiger partial charge is 0.508 e. The number of aliphatic hydroxyl groups is 2. The lowest BCUT2D eigenvalue weighted by Crippen LogP contribution is -2.62. The number of aromatic nitrogens is 4. The number of benzene rings is 4. The van der Waals surface area contributed by atoms with Crippen LogP contribution in [0.5, 0.6) is 5.75 Å². The number of aliphatic carboxylic acids is 1. The van der Waals surface area contributed by atoms with Gasteiger partial charge in [0.1, 0.15) is 72.2 Å². The van der Waals surface area contributed by atoms with Gasteiger partial charge in [-0.1, -0.05) is 78.9 Å². The summed E-state index contributed by atoms with van der Waals surface area (Å²) in [6, 6.07) is 10.7. The Morgan fingerprint density at radius 2 is 1.08 bits per heavy atom. The van der Waals surface area contributed by atoms with E-state index in [1.807, 2.05) is 24.3 Å². The van der Waals surface area contributed by atoms with Gasteiger partial charge in [-0.05, 0) is 123 Å². The number of fused-ring (bicyclic) bond motifs is 2. The normalized spacial score (nSPS) is 16.7. The summed E-state index contributed by atoms with van der Waals surface area (Å²) in [5.41, 5.74) is 21.3. The molecule has 13 atom stereocenters. The van der Waals surface area contributed by atoms with E-state index in [1.165, 1.54) is 65.3 Å². The first-order valence-corrected chi connectivity index (χ1v) is 39.8. The first kappa shape index (κ1) is 88.5. The average Bonchev–Trinajstić information content (AvgIpc) is 1.69. The number of amides is 12. The number of carbonyl (C=O) groups is 13. The van der Waals surface area contributed by atoms with E-state index >= 15 is 14.4 Å². The van der Waals surface area contributed by atoms with Gasteiger partial charge in [-0.2, -0.15) is 11.8 Å². The fraction of sp³-hybridized carbons (Fsp3) is 0.430. The number of thioether (sulfide) groups is 1. The predicted molar refractivity (Wildman–Crippen MR) is 430 cm³/mol. The van der Waals surface area contributed by atoms with Gasteiger partial charge in [0.05, 0.1) is 25.1 Å². The van der Waals surface area contributed by atoms with Crippen molar-refractivity contribution < 1.29 is 82.8 Å². The monoisotopic (exact) mass is 1630 g/mol. The number of aromatic hydroxyl groups is 1. The van der Waals surface area contributed by atoms with E-state index in [4.69, 9.17) is 22.6 Å². The molecule has 0 bridgehead atoms. The van der Waals surface area contributed by atoms with Gasteiger partial charge in [-0.3, -0.25) is 62.9 Å². The summed E-state index contributed by atoms with van der Waals surface area (Å²) in [5, 5.41) is 77.9. The molecule has 2 aliphatic heterocycles. The van der Waals surface area contributed by atoms with Crippen LogP contribution in [0, 0.1) is 5.41 Å². The van der Waals surface area contributed by atoms with E-state index in [2.05, 4.69) is 73.1 Å². The van der Waals surface area contributed by atoms with Crippen LogP contribution < -0.4 is 70.4 Å². The van der Waals surface area contributed by atoms with E-state index in [0.717, 1.165) is 16.5 Å². The fourth-order valence-electron chi connectivity index (χ4n) is 14.2. The highest BCUT2D eigenvalue weighted by atomic mass is 32.2. The van der Waals surface area contributed by atoms with Crippen LogP contribution in [0.25, 0.3) is 21.8 Å². The minimum Gasteiger partial charge on any atom is -0.508 e. The molecule has 38 heteroatoms. The molecule has 37 nitrogen and oxygen atoms in total. The number of primary amides is 1. The molecule has 4 aromatic carbocycles. The van der Waals surface area contributed by atoms with Crippen molar-refractivity contribution in [2.24, 2.45) is 17.2 Å². The first-order chi connectivity index (χ1) is 56.1. The number of aromatic amines is 3. The second kappa shape index (κ2) is 42.8. The number of phenolic OH excluding ortho intramolecular Hbond substituents is 1. The number of likely N-dealkylation sites (tertiary alicyclic amines) is 2. The molecule has 12 amide bonds. The lowest BCUT2D eigenvalue weighted by atomic mass is 10.00. The fourth-order valence-corrected chi connectivity index (χ4v) is 14.6. The number of para-hydroxylation sites is 2. The van der Waals surface area contributed by atoms with Crippen LogP contribution in [0.4, 0.5) is 0 Å². The Morgan fingerprint density at radius 3 is 1.65 bits per heavy atom. The SMILES string of the molecule is CSCC[C@H](NC(=O)[C@H](Cc1cnc[nH]1)NC(=O)[C@@H](N)Cc1c[nH]c2ccccc12)C(=O)N[C@@H](CO)C(=O)N[C@@H](Cc1ccc(O)cc1)C(=O)N[C@@H](Cc1ccccc1)C(=O)N[C@@H](Cc1c[nH]c2ccccc12)C(=O)N[C@H](C(=O)N[C@@H](CCCNC(=N)N)C(=O)N1CCC[C@H]1C(=O)N1CCC[C@H]1C(=O)N[C@@H](CCC(N)=O)C(=O)O)[C@@H](C)O. The number of guanidine groups is 1. The second-order valence-corrected chi connectivity index (χ2v) is 29.9. The molecule has 0 radical (unpaired) electrons. The van der Waals surface area contributed by atoms with Crippen LogP contribution in [0.2, 0.25) is 0 Å². The van der Waals surface area contributed by atoms with Crippen molar-refractivity contribution in [2.45, 2.75) is 175 Å². The second-order valence-electron chi connectivity index (χ2n) is 29.0. The third kappa shape index (κ3) is 25.0. The van der Waals surface area contributed by atoms with Crippen molar-refractivity contribution in [3.63, 3.8) is 0 Å². The van der Waals surface area contributed by atoms with Crippen molar-refractivity contribution in [3.05, 3.63) is 156 Å². The summed E-state index contributed by atoms with van der Waals surface area (Å²) in [6.45, 7) is 0.258. The Morgan fingerprint density at radius 1 is 0.564 bits per heavy atom. The van der Waals surface area contributed by atoms with E-state index in [0.29, 0.717) is 51.9 Å². The number of H-pyrrole nitrogens is 3. The third-order valence-electron chi connectivity index (χ3n) is 20.4. The molecule has 3 aromatic heterocycles. The highest BCUT2D eigenvalue weighted by Gasteiger charge is 2.45. The standard InChI is InChI=1S/C79H102N20O17S/c1-43(101)66(75(112)90-56(19-10-29-85-79(82)83)76(113)99-31-12-21-64(99)77(114)98-30-11-20-63(98)74(111)91-57(78(115)116)26-27-65(81)103)97-72(109)60(36-47-39-87-54-18-9-7-16-51(47)54)95-70(107)58(33-44-13-4-3-5-14-44)93-69(106)59(34-45-22-24-49(102)25-23-45)94-73(110)62(41-100)96-68(105)55(28-32-117-2)89-71(108)61(37-48-40-84-42-88-48)92-67(104)52(80)35-46-38-86-53-17-8-6-15-50(46)53/h3-9,13-18,22-25,38-40,42-43,52,55-64,66,86-87,100-102H,10-12,19-21,26-37,41,80H2,1-2H3,(H2,81,103)(H,84,88)(H,89,108)(H,90,112)(H,91,111)(H,92,104)(H,93,106)(H,94,110)(H,95,107)(H,96,105)(H,97,109)(H,115,116)(H4,82,83,85)/t43-,52+,55+,56+,57+,58+,59+,60+,61+,62+,63+,64+,66+/m1/s1. The zero-order valence-corrected chi connectivity index (χ0v) is 65.5. The molecule has 0 saturated carbocycles. The van der Waals surface area contributed by atoms with E-state index < -0.39 is 168 Å². The maximum Gasteiger partial charge on any atom is 0.326 e. The molecule has 117 heavy (non-hydrogen) atoms. The Balaban J connectivity index is 0.934. The van der Waals surface area contributed by atoms with Gasteiger partial charge < -0.3 is 116 Å². The molecule has 9 rings (SSSR count). The van der Waals surface area contributed by atoms with E-state index in [1.54, 1.807) is 73.2 Å². The Hall–Kier alpha value is -12.4. The summed E-state index contributed by atoms with van der Waals surface area (Å²) < 4.78 is 0. The Kier molecular flexibility index (Phi) is 32.4. The van der Waals surface area contributed by atoms with E-state index in [-0.39, 0.29) is 102 Å². The number of aliphatic hydroxyl groups excluding tert-OH is 2. The lowest BCUT2D eigenvalue weighted by Gasteiger charge is -2.34. The maximum absolute atomic E-state index is 15.4. The van der Waals surface area contributed by atoms with Gasteiger partial charge in [0, 0.05) is 97.8 Å². The van der Waals surface area contributed by atoms with Crippen LogP contribution in [0.15, 0.2) is 128 Å². The van der Waals surface area contributed by atoms with E-state index in [9.17, 15) is 68.4 Å². The molecule has 0 aliphatic carbocycles. The number of nitrogens with zero attached hydrogens (tertiary/aromatic N) is 3. The summed E-state index contributed by atoms with van der Waals surface area (Å²) in [5.74, 6) is -12.3. The molecular weight excluding hydrogens is 1530 g/mol. The van der Waals surface area contributed by atoms with Gasteiger partial charge >= 0.3 is 5.97 Å². The van der Waals surface area contributed by atoms with Crippen LogP contribution in [-0.2, 0) is 94.4 Å². The smallest absolute Gasteiger partial charge is 0.326 e. The topological polar surface area (TPSA) is 592 Å². The number of hydrogen-bond acceptors (Lipinski definition) is 20. The molecule has 0 spiro atoms. The van der Waals surface area contributed by atoms with Crippen LogP contribution >= 0.6 is 11.8 Å². The maximum atomic E-state index is 15.4. The number of hydrogen-bond donors (Lipinski definition) is 21. The van der Waals surface area contributed by atoms with Crippen LogP contribution in [0.3, 0.4) is 0 Å². The average molecular weight is 1640 g/mol. The Bertz CT molecular complexity index is 4640. The summed E-state index contributed by atoms with van der Waals surface area (Å²) in [6.07, 6.45) is 5.50. The third-order valence-corrected chi connectivity index (χ3v) is 21.0. The zero-order valence-electron chi connectivity index (χ0n) is 64.6. The molecule has 5 heterocycles. The van der Waals surface area contributed by atoms with Crippen LogP contribution in [0.1, 0.15) is 92.7 Å². The molecular formula is C79H102N20O17S. The molecule has 24 N–H and O–H groups in total. The van der Waals surface area contributed by atoms with Gasteiger partial charge in [-0.15, -0.1) is 0 Å². The molecule has 2 aliphatic rings. The molecule has 2 saturated heterocycles. The van der Waals surface area contributed by atoms with Gasteiger partial charge in [-0.25, -0.2) is 9.78 Å². The zero-order chi connectivity index (χ0) is 84.4. The quantitative estimate of drug-likeness (QED) is 0.0112. The van der Waals surface area contributed by atoms with Gasteiger partial charge in [0.15, 0.2) is 5.96 Å². The van der Waals surface area contributed by atoms with Gasteiger partial charge in [0.2, 0.25) is 70.9 Å². The molecule has 7 aromatic rings. The number of carboxylic acid groups (broad SMARTS) is 1. The predicted octanol–water partition coefficient (Wildman–Crippen LogP) is -2.00. The van der Waals surface area contributed by atoms with Crippen LogP contribution in [-0.4, -0.2) is 250 Å². The summed E-state index contributed by atoms with van der Waals surface area (Å²) in [7, 11) is 0. The number of carbonyl (C=O) groups excluding carboxylic acids is 12. The number of phenols is 1. The van der Waals surface area contributed by atoms with Crippen molar-refractivity contribution >= 4 is 116 Å². The van der Waals surface area contributed by atoms with Crippen molar-refractivity contribution in [3.8, 4) is 5.75 Å².